The van der Waals surface area contributed by atoms with Gasteiger partial charge in [-0.2, -0.15) is 13.2 Å². The maximum atomic E-state index is 13.5. The van der Waals surface area contributed by atoms with Crippen LogP contribution in [0.4, 0.5) is 26.7 Å². The summed E-state index contributed by atoms with van der Waals surface area (Å²) in [6.45, 7) is 0.899. The highest BCUT2D eigenvalue weighted by Crippen LogP contribution is 2.24. The molecule has 0 aromatic carbocycles. The predicted molar refractivity (Wildman–Crippen MR) is 92.4 cm³/mol. The van der Waals surface area contributed by atoms with Crippen molar-refractivity contribution in [3.63, 3.8) is 0 Å². The highest BCUT2D eigenvalue weighted by molar-refractivity contribution is 5.75. The maximum absolute atomic E-state index is 13.5. The molecule has 3 rings (SSSR count). The first-order valence-corrected chi connectivity index (χ1v) is 8.90. The molecule has 0 aliphatic carbocycles. The number of pyridine rings is 1. The Morgan fingerprint density at radius 1 is 1.28 bits per heavy atom. The van der Waals surface area contributed by atoms with Crippen molar-refractivity contribution >= 4 is 17.2 Å². The minimum Gasteiger partial charge on any atom is -0.366 e. The van der Waals surface area contributed by atoms with Gasteiger partial charge in [-0.05, 0) is 26.0 Å². The number of rotatable bonds is 6. The fourth-order valence-corrected chi connectivity index (χ4v) is 2.96. The van der Waals surface area contributed by atoms with Crippen molar-refractivity contribution < 1.29 is 31.5 Å². The zero-order valence-electron chi connectivity index (χ0n) is 15.7. The molecule has 1 aliphatic rings. The number of carbonyl (C=O) groups is 1. The van der Waals surface area contributed by atoms with Gasteiger partial charge in [0.05, 0.1) is 36.9 Å². The zero-order chi connectivity index (χ0) is 21.4. The number of aromatic nitrogens is 3. The van der Waals surface area contributed by atoms with Crippen LogP contribution >= 0.6 is 0 Å². The third-order valence-corrected chi connectivity index (χ3v) is 4.39. The normalized spacial score (nSPS) is 19.3. The first kappa shape index (κ1) is 21.2. The van der Waals surface area contributed by atoms with Gasteiger partial charge in [0.15, 0.2) is 11.8 Å². The number of aromatic amines is 1. The number of fused-ring (bicyclic) bond motifs is 1. The van der Waals surface area contributed by atoms with E-state index >= 15 is 0 Å². The van der Waals surface area contributed by atoms with Crippen molar-refractivity contribution in [1.29, 1.82) is 0 Å². The van der Waals surface area contributed by atoms with Crippen LogP contribution in [-0.4, -0.2) is 63.3 Å². The van der Waals surface area contributed by atoms with E-state index in [1.807, 2.05) is 0 Å². The van der Waals surface area contributed by atoms with Crippen LogP contribution in [0.5, 0.6) is 0 Å². The van der Waals surface area contributed by atoms with E-state index in [0.717, 1.165) is 11.8 Å². The van der Waals surface area contributed by atoms with E-state index in [0.29, 0.717) is 17.0 Å². The lowest BCUT2D eigenvalue weighted by atomic mass is 10.2. The summed E-state index contributed by atoms with van der Waals surface area (Å²) in [7, 11) is 0. The van der Waals surface area contributed by atoms with Gasteiger partial charge < -0.3 is 19.9 Å². The fraction of sp³-hybridized carbons (Fsp3) is 0.588. The summed E-state index contributed by atoms with van der Waals surface area (Å²) in [6, 6.07) is 2.58. The molecule has 1 aliphatic heterocycles. The molecule has 29 heavy (non-hydrogen) atoms. The fourth-order valence-electron chi connectivity index (χ4n) is 2.96. The molecular formula is C17H20F5N5O2. The number of nitrogens with one attached hydrogen (secondary N) is 2. The van der Waals surface area contributed by atoms with E-state index in [1.165, 1.54) is 6.92 Å². The van der Waals surface area contributed by atoms with Crippen LogP contribution in [0, 0.1) is 0 Å². The van der Waals surface area contributed by atoms with Gasteiger partial charge in [0.2, 0.25) is 0 Å². The first-order valence-electron chi connectivity index (χ1n) is 8.90. The average molecular weight is 421 g/mol. The van der Waals surface area contributed by atoms with Crippen LogP contribution < -0.4 is 5.32 Å². The molecule has 0 radical (unpaired) electrons. The van der Waals surface area contributed by atoms with E-state index < -0.39 is 43.4 Å². The number of hydrogen-bond donors (Lipinski definition) is 2. The molecule has 2 N–H and O–H groups in total. The van der Waals surface area contributed by atoms with Crippen molar-refractivity contribution in [2.75, 3.05) is 13.1 Å². The lowest BCUT2D eigenvalue weighted by Crippen LogP contribution is -2.56. The summed E-state index contributed by atoms with van der Waals surface area (Å²) in [5, 5.41) is 2.12. The van der Waals surface area contributed by atoms with Crippen LogP contribution in [0.2, 0.25) is 0 Å². The maximum Gasteiger partial charge on any atom is 0.414 e. The number of amides is 2. The van der Waals surface area contributed by atoms with Crippen molar-refractivity contribution in [2.24, 2.45) is 0 Å². The Bertz CT molecular complexity index is 885. The number of hydrogen-bond acceptors (Lipinski definition) is 4. The molecule has 2 aromatic rings. The number of urea groups is 1. The van der Waals surface area contributed by atoms with Gasteiger partial charge in [0.25, 0.3) is 5.92 Å². The van der Waals surface area contributed by atoms with Gasteiger partial charge in [-0.1, -0.05) is 0 Å². The summed E-state index contributed by atoms with van der Waals surface area (Å²) >= 11 is 0. The van der Waals surface area contributed by atoms with Crippen LogP contribution in [0.25, 0.3) is 11.2 Å². The zero-order valence-corrected chi connectivity index (χ0v) is 15.7. The van der Waals surface area contributed by atoms with Crippen molar-refractivity contribution in [1.82, 2.24) is 25.2 Å². The molecule has 12 heteroatoms. The quantitative estimate of drug-likeness (QED) is 0.703. The average Bonchev–Trinajstić information content (AvgIpc) is 2.98. The number of carbonyl (C=O) groups excluding carboxylic acids is 1. The van der Waals surface area contributed by atoms with E-state index in [2.05, 4.69) is 20.3 Å². The van der Waals surface area contributed by atoms with E-state index in [9.17, 15) is 26.7 Å². The minimum absolute atomic E-state index is 0.104. The number of alkyl halides is 5. The largest absolute Gasteiger partial charge is 0.414 e. The Morgan fingerprint density at radius 3 is 2.69 bits per heavy atom. The van der Waals surface area contributed by atoms with E-state index in [1.54, 1.807) is 12.1 Å². The Labute approximate surface area is 162 Å². The van der Waals surface area contributed by atoms with Crippen molar-refractivity contribution in [2.45, 2.75) is 51.1 Å². The third-order valence-electron chi connectivity index (χ3n) is 4.39. The van der Waals surface area contributed by atoms with Crippen molar-refractivity contribution in [3.05, 3.63) is 23.7 Å². The topological polar surface area (TPSA) is 83.1 Å². The molecule has 1 fully saturated rings. The van der Waals surface area contributed by atoms with Gasteiger partial charge in [-0.15, -0.1) is 0 Å². The van der Waals surface area contributed by atoms with Gasteiger partial charge in [-0.3, -0.25) is 0 Å². The molecule has 3 heterocycles. The minimum atomic E-state index is -4.45. The van der Waals surface area contributed by atoms with Crippen LogP contribution in [0.1, 0.15) is 25.4 Å². The highest BCUT2D eigenvalue weighted by Gasteiger charge is 2.39. The number of H-pyrrole nitrogens is 1. The first-order chi connectivity index (χ1) is 13.4. The van der Waals surface area contributed by atoms with Gasteiger partial charge in [0, 0.05) is 6.42 Å². The Kier molecular flexibility index (Phi) is 5.65. The predicted octanol–water partition coefficient (Wildman–Crippen LogP) is 3.02. The molecule has 2 aromatic heterocycles. The molecule has 0 saturated carbocycles. The molecule has 2 atom stereocenters. The van der Waals surface area contributed by atoms with E-state index in [-0.39, 0.29) is 18.6 Å². The molecule has 0 unspecified atom stereocenters. The Morgan fingerprint density at radius 2 is 2.00 bits per heavy atom. The second kappa shape index (κ2) is 7.73. The van der Waals surface area contributed by atoms with Gasteiger partial charge >= 0.3 is 12.2 Å². The van der Waals surface area contributed by atoms with Gasteiger partial charge in [-0.25, -0.2) is 23.5 Å². The molecule has 160 valence electrons. The lowest BCUT2D eigenvalue weighted by molar-refractivity contribution is -0.224. The number of imidazole rings is 1. The van der Waals surface area contributed by atoms with Gasteiger partial charge in [0.1, 0.15) is 5.82 Å². The second-order valence-corrected chi connectivity index (χ2v) is 7.06. The second-order valence-electron chi connectivity index (χ2n) is 7.06. The van der Waals surface area contributed by atoms with E-state index in [4.69, 9.17) is 4.74 Å². The summed E-state index contributed by atoms with van der Waals surface area (Å²) in [4.78, 5) is 24.2. The number of nitrogens with zero attached hydrogens (tertiary/aromatic N) is 3. The summed E-state index contributed by atoms with van der Waals surface area (Å²) in [6.07, 6.45) is -6.99. The Balaban J connectivity index is 1.67. The lowest BCUT2D eigenvalue weighted by Gasteiger charge is -2.32. The summed E-state index contributed by atoms with van der Waals surface area (Å²) in [5.74, 6) is -2.64. The number of halogens is 5. The standard InChI is InChI=1S/C17H20F5N5O2/c1-9(29-10(2)17(20,21)22)5-13-25-12-4-3-11(24-14(12)26-13)6-27-8-16(18,19)7-23-15(27)28/h3-4,9-10H,5-8H2,1-2H3,(H,23,28)(H,24,25,26)/t9-,10-/m1/s1. The molecule has 1 saturated heterocycles. The monoisotopic (exact) mass is 421 g/mol. The third kappa shape index (κ3) is 5.31. The van der Waals surface area contributed by atoms with Crippen LogP contribution in [0.15, 0.2) is 12.1 Å². The smallest absolute Gasteiger partial charge is 0.366 e. The van der Waals surface area contributed by atoms with Crippen LogP contribution in [0.3, 0.4) is 0 Å². The molecule has 0 bridgehead atoms. The SMILES string of the molecule is C[C@H](Cc1nc2nc(CN3CC(F)(F)CNC3=O)ccc2[nH]1)O[C@H](C)C(F)(F)F. The number of ether oxygens (including phenoxy) is 1. The molecule has 2 amide bonds. The Hall–Kier alpha value is -2.50. The summed E-state index contributed by atoms with van der Waals surface area (Å²) in [5.41, 5.74) is 1.17. The van der Waals surface area contributed by atoms with Crippen molar-refractivity contribution in [3.8, 4) is 0 Å². The molecular weight excluding hydrogens is 401 g/mol. The molecule has 0 spiro atoms. The highest BCUT2D eigenvalue weighted by atomic mass is 19.4. The summed E-state index contributed by atoms with van der Waals surface area (Å²) < 4.78 is 69.7. The van der Waals surface area contributed by atoms with Crippen LogP contribution in [-0.2, 0) is 17.7 Å². The molecule has 7 nitrogen and oxygen atoms in total.